The molecule has 0 radical (unpaired) electrons. The highest BCUT2D eigenvalue weighted by molar-refractivity contribution is 5.77. The summed E-state index contributed by atoms with van der Waals surface area (Å²) >= 11 is 0. The average Bonchev–Trinajstić information content (AvgIpc) is 2.26. The Hall–Kier alpha value is -1.84. The maximum Gasteiger partial charge on any atom is 0.408 e. The second-order valence-electron chi connectivity index (χ2n) is 5.52. The number of Topliss-reactive ketones (excluding diaryl/α,β-unsaturated/α-hetero) is 1. The predicted molar refractivity (Wildman–Crippen MR) is 73.9 cm³/mol. The van der Waals surface area contributed by atoms with E-state index in [0.717, 1.165) is 5.56 Å². The minimum atomic E-state index is -0.554. The van der Waals surface area contributed by atoms with Crippen LogP contribution < -0.4 is 5.32 Å². The lowest BCUT2D eigenvalue weighted by Crippen LogP contribution is -2.35. The van der Waals surface area contributed by atoms with Crippen molar-refractivity contribution in [1.82, 2.24) is 5.32 Å². The fraction of sp³-hybridized carbons (Fsp3) is 0.467. The highest BCUT2D eigenvalue weighted by Gasteiger charge is 2.21. The van der Waals surface area contributed by atoms with Crippen molar-refractivity contribution in [2.45, 2.75) is 45.8 Å². The van der Waals surface area contributed by atoms with Gasteiger partial charge in [0.15, 0.2) is 0 Å². The zero-order chi connectivity index (χ0) is 14.5. The van der Waals surface area contributed by atoms with Crippen LogP contribution >= 0.6 is 0 Å². The van der Waals surface area contributed by atoms with Gasteiger partial charge in [-0.15, -0.1) is 0 Å². The number of amides is 1. The summed E-state index contributed by atoms with van der Waals surface area (Å²) in [5.74, 6) is 0.0184. The summed E-state index contributed by atoms with van der Waals surface area (Å²) in [6.45, 7) is 6.91. The third kappa shape index (κ3) is 6.04. The number of carbonyl (C=O) groups is 2. The van der Waals surface area contributed by atoms with Gasteiger partial charge in [0.1, 0.15) is 11.4 Å². The van der Waals surface area contributed by atoms with E-state index in [2.05, 4.69) is 5.32 Å². The van der Waals surface area contributed by atoms with E-state index in [-0.39, 0.29) is 18.2 Å². The molecule has 0 saturated heterocycles. The van der Waals surface area contributed by atoms with Crippen LogP contribution in [0, 0.1) is 0 Å². The van der Waals surface area contributed by atoms with E-state index in [9.17, 15) is 9.59 Å². The first kappa shape index (κ1) is 15.2. The summed E-state index contributed by atoms with van der Waals surface area (Å²) < 4.78 is 5.21. The summed E-state index contributed by atoms with van der Waals surface area (Å²) in [5, 5.41) is 2.74. The van der Waals surface area contributed by atoms with Crippen LogP contribution in [0.1, 0.15) is 45.7 Å². The van der Waals surface area contributed by atoms with E-state index in [1.54, 1.807) is 20.8 Å². The Morgan fingerprint density at radius 2 is 1.79 bits per heavy atom. The highest BCUT2D eigenvalue weighted by Crippen LogP contribution is 2.18. The van der Waals surface area contributed by atoms with E-state index in [1.807, 2.05) is 30.3 Å². The van der Waals surface area contributed by atoms with E-state index < -0.39 is 11.7 Å². The Kier molecular flexibility index (Phi) is 5.10. The standard InChI is InChI=1S/C15H21NO3/c1-11(17)10-13(12-8-6-5-7-9-12)16-14(18)19-15(2,3)4/h5-9,13H,10H2,1-4H3,(H,16,18)/t13-/m0/s1. The van der Waals surface area contributed by atoms with Crippen molar-refractivity contribution in [3.8, 4) is 0 Å². The molecular weight excluding hydrogens is 242 g/mol. The molecule has 0 unspecified atom stereocenters. The van der Waals surface area contributed by atoms with Gasteiger partial charge < -0.3 is 10.1 Å². The molecule has 1 aromatic carbocycles. The molecule has 4 heteroatoms. The van der Waals surface area contributed by atoms with Crippen molar-refractivity contribution in [3.05, 3.63) is 35.9 Å². The molecule has 0 saturated carbocycles. The predicted octanol–water partition coefficient (Wildman–Crippen LogP) is 3.23. The van der Waals surface area contributed by atoms with Crippen LogP contribution in [0.4, 0.5) is 4.79 Å². The first-order chi connectivity index (χ1) is 8.78. The van der Waals surface area contributed by atoms with Crippen LogP contribution in [0.5, 0.6) is 0 Å². The van der Waals surface area contributed by atoms with Gasteiger partial charge in [-0.1, -0.05) is 30.3 Å². The smallest absolute Gasteiger partial charge is 0.408 e. The molecule has 1 aromatic rings. The molecule has 19 heavy (non-hydrogen) atoms. The fourth-order valence-electron chi connectivity index (χ4n) is 1.67. The monoisotopic (exact) mass is 263 g/mol. The summed E-state index contributed by atoms with van der Waals surface area (Å²) in [7, 11) is 0. The third-order valence-corrected chi connectivity index (χ3v) is 2.38. The lowest BCUT2D eigenvalue weighted by molar-refractivity contribution is -0.117. The zero-order valence-corrected chi connectivity index (χ0v) is 11.9. The summed E-state index contributed by atoms with van der Waals surface area (Å²) in [4.78, 5) is 23.1. The van der Waals surface area contributed by atoms with E-state index in [0.29, 0.717) is 0 Å². The van der Waals surface area contributed by atoms with Crippen molar-refractivity contribution < 1.29 is 14.3 Å². The molecule has 0 fully saturated rings. The summed E-state index contributed by atoms with van der Waals surface area (Å²) in [6, 6.07) is 9.05. The molecule has 0 heterocycles. The molecule has 0 aliphatic rings. The lowest BCUT2D eigenvalue weighted by Gasteiger charge is -2.23. The molecule has 104 valence electrons. The van der Waals surface area contributed by atoms with Crippen LogP contribution in [0.15, 0.2) is 30.3 Å². The van der Waals surface area contributed by atoms with Crippen LogP contribution in [0.25, 0.3) is 0 Å². The third-order valence-electron chi connectivity index (χ3n) is 2.38. The number of ketones is 1. The fourth-order valence-corrected chi connectivity index (χ4v) is 1.67. The minimum absolute atomic E-state index is 0.0184. The van der Waals surface area contributed by atoms with E-state index >= 15 is 0 Å². The molecule has 4 nitrogen and oxygen atoms in total. The van der Waals surface area contributed by atoms with Crippen molar-refractivity contribution in [3.63, 3.8) is 0 Å². The molecule has 1 amide bonds. The van der Waals surface area contributed by atoms with Crippen molar-refractivity contribution >= 4 is 11.9 Å². The molecule has 0 spiro atoms. The lowest BCUT2D eigenvalue weighted by atomic mass is 10.0. The van der Waals surface area contributed by atoms with Gasteiger partial charge >= 0.3 is 6.09 Å². The SMILES string of the molecule is CC(=O)C[C@H](NC(=O)OC(C)(C)C)c1ccccc1. The largest absolute Gasteiger partial charge is 0.444 e. The Bertz CT molecular complexity index is 434. The molecule has 0 aliphatic carbocycles. The Balaban J connectivity index is 2.76. The number of carbonyl (C=O) groups excluding carboxylic acids is 2. The first-order valence-corrected chi connectivity index (χ1v) is 6.32. The number of nitrogens with one attached hydrogen (secondary N) is 1. The molecular formula is C15H21NO3. The number of hydrogen-bond acceptors (Lipinski definition) is 3. The van der Waals surface area contributed by atoms with Gasteiger partial charge in [-0.25, -0.2) is 4.79 Å². The summed E-state index contributed by atoms with van der Waals surface area (Å²) in [6.07, 6.45) is -0.258. The normalized spacial score (nSPS) is 12.6. The second kappa shape index (κ2) is 6.36. The van der Waals surface area contributed by atoms with Gasteiger partial charge in [0.05, 0.1) is 6.04 Å². The van der Waals surface area contributed by atoms with Crippen molar-refractivity contribution in [2.75, 3.05) is 0 Å². The number of rotatable bonds is 4. The highest BCUT2D eigenvalue weighted by atomic mass is 16.6. The number of ether oxygens (including phenoxy) is 1. The van der Waals surface area contributed by atoms with Gasteiger partial charge in [-0.3, -0.25) is 4.79 Å². The first-order valence-electron chi connectivity index (χ1n) is 6.32. The van der Waals surface area contributed by atoms with Crippen LogP contribution in [-0.4, -0.2) is 17.5 Å². The molecule has 1 atom stereocenters. The molecule has 1 rings (SSSR count). The Labute approximate surface area is 114 Å². The zero-order valence-electron chi connectivity index (χ0n) is 11.9. The topological polar surface area (TPSA) is 55.4 Å². The van der Waals surface area contributed by atoms with Gasteiger partial charge in [0.2, 0.25) is 0 Å². The van der Waals surface area contributed by atoms with Crippen LogP contribution in [0.3, 0.4) is 0 Å². The quantitative estimate of drug-likeness (QED) is 0.907. The van der Waals surface area contributed by atoms with Crippen molar-refractivity contribution in [2.24, 2.45) is 0 Å². The number of benzene rings is 1. The molecule has 0 bridgehead atoms. The molecule has 1 N–H and O–H groups in total. The average molecular weight is 263 g/mol. The Morgan fingerprint density at radius 3 is 2.26 bits per heavy atom. The number of alkyl carbamates (subject to hydrolysis) is 1. The van der Waals surface area contributed by atoms with Gasteiger partial charge in [-0.05, 0) is 33.3 Å². The minimum Gasteiger partial charge on any atom is -0.444 e. The van der Waals surface area contributed by atoms with Crippen molar-refractivity contribution in [1.29, 1.82) is 0 Å². The van der Waals surface area contributed by atoms with Crippen LogP contribution in [0.2, 0.25) is 0 Å². The van der Waals surface area contributed by atoms with Crippen LogP contribution in [-0.2, 0) is 9.53 Å². The summed E-state index contributed by atoms with van der Waals surface area (Å²) in [5.41, 5.74) is 0.338. The van der Waals surface area contributed by atoms with Gasteiger partial charge in [0.25, 0.3) is 0 Å². The number of hydrogen-bond donors (Lipinski definition) is 1. The maximum atomic E-state index is 11.8. The van der Waals surface area contributed by atoms with Gasteiger partial charge in [-0.2, -0.15) is 0 Å². The second-order valence-corrected chi connectivity index (χ2v) is 5.52. The maximum absolute atomic E-state index is 11.8. The molecule has 0 aliphatic heterocycles. The molecule has 0 aromatic heterocycles. The Morgan fingerprint density at radius 1 is 1.21 bits per heavy atom. The van der Waals surface area contributed by atoms with Gasteiger partial charge in [0, 0.05) is 6.42 Å². The van der Waals surface area contributed by atoms with E-state index in [1.165, 1.54) is 6.92 Å². The van der Waals surface area contributed by atoms with E-state index in [4.69, 9.17) is 4.74 Å².